The Balaban J connectivity index is 4.32. The number of hydrogen-bond donors (Lipinski definition) is 2. The molecule has 15 heavy (non-hydrogen) atoms. The smallest absolute Gasteiger partial charge is 0.212 e. The second kappa shape index (κ2) is 5.78. The lowest BCUT2D eigenvalue weighted by molar-refractivity contribution is 0.254. The molecule has 1 atom stereocenters. The third-order valence-corrected chi connectivity index (χ3v) is 4.42. The van der Waals surface area contributed by atoms with Crippen molar-refractivity contribution in [3.8, 4) is 0 Å². The van der Waals surface area contributed by atoms with Crippen LogP contribution in [0.3, 0.4) is 0 Å². The fraction of sp³-hybridized carbons (Fsp3) is 1.00. The molecule has 0 rings (SSSR count). The predicted molar refractivity (Wildman–Crippen MR) is 57.8 cm³/mol. The van der Waals surface area contributed by atoms with Gasteiger partial charge in [0.2, 0.25) is 10.0 Å². The molecule has 0 spiro atoms. The van der Waals surface area contributed by atoms with Crippen molar-refractivity contribution in [2.75, 3.05) is 24.4 Å². The zero-order valence-electron chi connectivity index (χ0n) is 8.80. The lowest BCUT2D eigenvalue weighted by Crippen LogP contribution is -2.39. The molecule has 6 nitrogen and oxygen atoms in total. The minimum absolute atomic E-state index is 0.297. The molecule has 0 heterocycles. The maximum absolute atomic E-state index is 11.3. The summed E-state index contributed by atoms with van der Waals surface area (Å²) in [6, 6.07) is -0.547. The Kier molecular flexibility index (Phi) is 5.71. The van der Waals surface area contributed by atoms with Gasteiger partial charge in [0.1, 0.15) is 9.84 Å². The van der Waals surface area contributed by atoms with Crippen molar-refractivity contribution in [1.29, 1.82) is 0 Å². The van der Waals surface area contributed by atoms with Gasteiger partial charge in [-0.05, 0) is 6.42 Å². The lowest BCUT2D eigenvalue weighted by atomic mass is 10.3. The third-order valence-electron chi connectivity index (χ3n) is 1.78. The molecule has 0 saturated carbocycles. The van der Waals surface area contributed by atoms with Gasteiger partial charge in [0, 0.05) is 12.3 Å². The van der Waals surface area contributed by atoms with Crippen LogP contribution in [0.4, 0.5) is 0 Å². The van der Waals surface area contributed by atoms with E-state index in [-0.39, 0.29) is 6.61 Å². The molecule has 0 aromatic rings. The van der Waals surface area contributed by atoms with Gasteiger partial charge in [0.05, 0.1) is 18.1 Å². The van der Waals surface area contributed by atoms with Crippen LogP contribution in [0.25, 0.3) is 0 Å². The van der Waals surface area contributed by atoms with Gasteiger partial charge in [-0.1, -0.05) is 6.92 Å². The topological polar surface area (TPSA) is 101 Å². The number of sulfone groups is 1. The lowest BCUT2D eigenvalue weighted by Gasteiger charge is -2.13. The molecule has 0 aromatic carbocycles. The summed E-state index contributed by atoms with van der Waals surface area (Å²) in [5.41, 5.74) is 0. The Labute approximate surface area is 90.7 Å². The number of rotatable bonds is 7. The van der Waals surface area contributed by atoms with Gasteiger partial charge in [-0.2, -0.15) is 0 Å². The third kappa shape index (κ3) is 7.71. The quantitative estimate of drug-likeness (QED) is 0.593. The van der Waals surface area contributed by atoms with Crippen LogP contribution in [-0.4, -0.2) is 52.4 Å². The standard InChI is InChI=1S/C7H17NO5S2/c1-3-7(6-9)8-15(12,13)5-4-14(2,10)11/h7-9H,3-6H2,1-2H3/t7-/m0/s1. The normalized spacial score (nSPS) is 15.1. The fourth-order valence-electron chi connectivity index (χ4n) is 0.824. The van der Waals surface area contributed by atoms with E-state index in [1.807, 2.05) is 0 Å². The van der Waals surface area contributed by atoms with Crippen molar-refractivity contribution in [2.24, 2.45) is 0 Å². The molecule has 8 heteroatoms. The van der Waals surface area contributed by atoms with Gasteiger partial charge in [-0.3, -0.25) is 0 Å². The van der Waals surface area contributed by atoms with Gasteiger partial charge < -0.3 is 5.11 Å². The first-order valence-electron chi connectivity index (χ1n) is 4.48. The van der Waals surface area contributed by atoms with Crippen LogP contribution in [-0.2, 0) is 19.9 Å². The van der Waals surface area contributed by atoms with Crippen LogP contribution in [0.5, 0.6) is 0 Å². The summed E-state index contributed by atoms with van der Waals surface area (Å²) in [4.78, 5) is 0. The molecule has 0 bridgehead atoms. The summed E-state index contributed by atoms with van der Waals surface area (Å²) in [5, 5.41) is 8.77. The monoisotopic (exact) mass is 259 g/mol. The van der Waals surface area contributed by atoms with Gasteiger partial charge in [-0.15, -0.1) is 0 Å². The highest BCUT2D eigenvalue weighted by molar-refractivity contribution is 7.93. The molecule has 0 saturated heterocycles. The van der Waals surface area contributed by atoms with Crippen LogP contribution in [0.2, 0.25) is 0 Å². The van der Waals surface area contributed by atoms with Gasteiger partial charge in [-0.25, -0.2) is 21.6 Å². The van der Waals surface area contributed by atoms with Crippen molar-refractivity contribution < 1.29 is 21.9 Å². The van der Waals surface area contributed by atoms with Crippen molar-refractivity contribution >= 4 is 19.9 Å². The van der Waals surface area contributed by atoms with Crippen LogP contribution >= 0.6 is 0 Å². The molecule has 2 N–H and O–H groups in total. The van der Waals surface area contributed by atoms with E-state index in [9.17, 15) is 16.8 Å². The van der Waals surface area contributed by atoms with Gasteiger partial charge >= 0.3 is 0 Å². The van der Waals surface area contributed by atoms with E-state index in [1.54, 1.807) is 6.92 Å². The minimum atomic E-state index is -3.63. The number of sulfonamides is 1. The fourth-order valence-corrected chi connectivity index (χ4v) is 3.78. The highest BCUT2D eigenvalue weighted by atomic mass is 32.2. The first kappa shape index (κ1) is 14.8. The van der Waals surface area contributed by atoms with E-state index in [2.05, 4.69) is 4.72 Å². The van der Waals surface area contributed by atoms with Crippen molar-refractivity contribution in [3.05, 3.63) is 0 Å². The van der Waals surface area contributed by atoms with Crippen LogP contribution in [0.15, 0.2) is 0 Å². The van der Waals surface area contributed by atoms with Crippen molar-refractivity contribution in [1.82, 2.24) is 4.72 Å². The molecular weight excluding hydrogens is 242 g/mol. The van der Waals surface area contributed by atoms with Crippen LogP contribution < -0.4 is 4.72 Å². The molecule has 0 aliphatic rings. The molecule has 0 aliphatic heterocycles. The second-order valence-electron chi connectivity index (χ2n) is 3.35. The zero-order chi connectivity index (χ0) is 12.1. The van der Waals surface area contributed by atoms with Gasteiger partial charge in [0.25, 0.3) is 0 Å². The molecule has 0 amide bonds. The maximum atomic E-state index is 11.3. The molecule has 0 unspecified atom stereocenters. The summed E-state index contributed by atoms with van der Waals surface area (Å²) in [7, 11) is -6.92. The largest absolute Gasteiger partial charge is 0.395 e. The maximum Gasteiger partial charge on any atom is 0.212 e. The summed E-state index contributed by atoms with van der Waals surface area (Å²) in [6.45, 7) is 1.43. The van der Waals surface area contributed by atoms with Gasteiger partial charge in [0.15, 0.2) is 0 Å². The van der Waals surface area contributed by atoms with Crippen LogP contribution in [0.1, 0.15) is 13.3 Å². The van der Waals surface area contributed by atoms with E-state index < -0.39 is 37.4 Å². The summed E-state index contributed by atoms with van der Waals surface area (Å²) in [5.74, 6) is -0.882. The number of aliphatic hydroxyl groups is 1. The van der Waals surface area contributed by atoms with E-state index in [4.69, 9.17) is 5.11 Å². The average molecular weight is 259 g/mol. The van der Waals surface area contributed by atoms with Crippen molar-refractivity contribution in [3.63, 3.8) is 0 Å². The summed E-state index contributed by atoms with van der Waals surface area (Å²) >= 11 is 0. The van der Waals surface area contributed by atoms with E-state index in [1.165, 1.54) is 0 Å². The first-order valence-corrected chi connectivity index (χ1v) is 8.20. The first-order chi connectivity index (χ1) is 6.70. The summed E-state index contributed by atoms with van der Waals surface area (Å²) < 4.78 is 46.4. The Hall–Kier alpha value is -0.180. The summed E-state index contributed by atoms with van der Waals surface area (Å²) in [6.07, 6.45) is 1.43. The molecule has 0 aliphatic carbocycles. The highest BCUT2D eigenvalue weighted by Gasteiger charge is 2.17. The molecule has 0 fully saturated rings. The highest BCUT2D eigenvalue weighted by Crippen LogP contribution is 1.95. The Morgan fingerprint density at radius 1 is 1.20 bits per heavy atom. The number of nitrogens with one attached hydrogen (secondary N) is 1. The molecule has 0 radical (unpaired) electrons. The molecule has 0 aromatic heterocycles. The molecule has 92 valence electrons. The minimum Gasteiger partial charge on any atom is -0.395 e. The Bertz CT molecular complexity index is 368. The van der Waals surface area contributed by atoms with E-state index in [0.29, 0.717) is 6.42 Å². The van der Waals surface area contributed by atoms with E-state index >= 15 is 0 Å². The zero-order valence-corrected chi connectivity index (χ0v) is 10.4. The number of aliphatic hydroxyl groups excluding tert-OH is 1. The molecular formula is C7H17NO5S2. The van der Waals surface area contributed by atoms with E-state index in [0.717, 1.165) is 6.26 Å². The predicted octanol–water partition coefficient (Wildman–Crippen LogP) is -1.28. The average Bonchev–Trinajstić information content (AvgIpc) is 2.10. The number of hydrogen-bond acceptors (Lipinski definition) is 5. The second-order valence-corrected chi connectivity index (χ2v) is 7.49. The van der Waals surface area contributed by atoms with Crippen molar-refractivity contribution in [2.45, 2.75) is 19.4 Å². The SMILES string of the molecule is CC[C@@H](CO)NS(=O)(=O)CCS(C)(=O)=O. The Morgan fingerprint density at radius 2 is 1.73 bits per heavy atom. The Morgan fingerprint density at radius 3 is 2.07 bits per heavy atom. The van der Waals surface area contributed by atoms with Crippen LogP contribution in [0, 0.1) is 0 Å².